The molecule has 0 rings (SSSR count). The summed E-state index contributed by atoms with van der Waals surface area (Å²) in [6.45, 7) is 7.77. The Labute approximate surface area is 98.5 Å². The third kappa shape index (κ3) is 5.79. The van der Waals surface area contributed by atoms with E-state index in [9.17, 15) is 13.5 Å². The Bertz CT molecular complexity index is 307. The summed E-state index contributed by atoms with van der Waals surface area (Å²) < 4.78 is 28.6. The summed E-state index contributed by atoms with van der Waals surface area (Å²) in [5.41, 5.74) is -0.0926. The van der Waals surface area contributed by atoms with Crippen molar-refractivity contribution in [2.24, 2.45) is 5.41 Å². The van der Waals surface area contributed by atoms with Crippen LogP contribution in [0.4, 0.5) is 0 Å². The summed E-state index contributed by atoms with van der Waals surface area (Å²) in [5, 5.41) is 9.59. The summed E-state index contributed by atoms with van der Waals surface area (Å²) in [6.07, 6.45) is -0.170. The first-order chi connectivity index (χ1) is 6.94. The molecule has 0 unspecified atom stereocenters. The Balaban J connectivity index is 4.25. The molecule has 1 N–H and O–H groups in total. The van der Waals surface area contributed by atoms with Gasteiger partial charge in [0, 0.05) is 7.05 Å². The zero-order valence-electron chi connectivity index (χ0n) is 10.9. The fourth-order valence-electron chi connectivity index (χ4n) is 0.838. The molecular weight excluding hydrogens is 230 g/mol. The molecule has 0 aromatic rings. The van der Waals surface area contributed by atoms with E-state index in [1.807, 2.05) is 27.7 Å². The molecule has 0 radical (unpaired) electrons. The van der Waals surface area contributed by atoms with Gasteiger partial charge in [-0.2, -0.15) is 0 Å². The number of aliphatic hydroxyl groups is 1. The molecule has 0 aliphatic rings. The van der Waals surface area contributed by atoms with Crippen molar-refractivity contribution >= 4 is 10.0 Å². The lowest BCUT2D eigenvalue weighted by Crippen LogP contribution is -2.39. The molecule has 0 aliphatic carbocycles. The van der Waals surface area contributed by atoms with Crippen LogP contribution in [0.15, 0.2) is 0 Å². The minimum absolute atomic E-state index is 0.0563. The topological polar surface area (TPSA) is 66.8 Å². The third-order valence-electron chi connectivity index (χ3n) is 2.56. The van der Waals surface area contributed by atoms with Gasteiger partial charge in [0.1, 0.15) is 0 Å². The van der Waals surface area contributed by atoms with Gasteiger partial charge in [-0.25, -0.2) is 12.7 Å². The van der Waals surface area contributed by atoms with Crippen LogP contribution in [-0.4, -0.2) is 50.1 Å². The first kappa shape index (κ1) is 15.8. The van der Waals surface area contributed by atoms with Gasteiger partial charge >= 0.3 is 0 Å². The van der Waals surface area contributed by atoms with Crippen LogP contribution in [0.2, 0.25) is 0 Å². The van der Waals surface area contributed by atoms with Crippen LogP contribution < -0.4 is 0 Å². The molecule has 0 heterocycles. The minimum atomic E-state index is -3.28. The highest BCUT2D eigenvalue weighted by atomic mass is 32.2. The fourth-order valence-corrected chi connectivity index (χ4v) is 1.24. The monoisotopic (exact) mass is 253 g/mol. The SMILES string of the molecule is C[C@H](O[C@H](O)CN(C)S(C)(=O)=O)C(C)(C)C. The van der Waals surface area contributed by atoms with E-state index in [2.05, 4.69) is 0 Å². The quantitative estimate of drug-likeness (QED) is 0.730. The molecule has 98 valence electrons. The summed E-state index contributed by atoms with van der Waals surface area (Å²) in [6, 6.07) is 0. The second-order valence-corrected chi connectivity index (χ2v) is 7.23. The first-order valence-electron chi connectivity index (χ1n) is 5.19. The average Bonchev–Trinajstić information content (AvgIpc) is 1.99. The van der Waals surface area contributed by atoms with Crippen LogP contribution in [0.5, 0.6) is 0 Å². The second kappa shape index (κ2) is 5.44. The smallest absolute Gasteiger partial charge is 0.211 e. The van der Waals surface area contributed by atoms with Crippen LogP contribution in [0.25, 0.3) is 0 Å². The van der Waals surface area contributed by atoms with E-state index in [4.69, 9.17) is 4.74 Å². The predicted octanol–water partition coefficient (Wildman–Crippen LogP) is 0.647. The van der Waals surface area contributed by atoms with E-state index in [1.165, 1.54) is 7.05 Å². The predicted molar refractivity (Wildman–Crippen MR) is 63.5 cm³/mol. The Morgan fingerprint density at radius 2 is 1.81 bits per heavy atom. The van der Waals surface area contributed by atoms with Crippen LogP contribution in [0, 0.1) is 5.41 Å². The lowest BCUT2D eigenvalue weighted by Gasteiger charge is -2.30. The van der Waals surface area contributed by atoms with Crippen molar-refractivity contribution in [2.45, 2.75) is 40.1 Å². The highest BCUT2D eigenvalue weighted by molar-refractivity contribution is 7.88. The van der Waals surface area contributed by atoms with Gasteiger partial charge < -0.3 is 9.84 Å². The van der Waals surface area contributed by atoms with Crippen molar-refractivity contribution in [1.82, 2.24) is 4.31 Å². The van der Waals surface area contributed by atoms with Crippen molar-refractivity contribution in [2.75, 3.05) is 19.8 Å². The van der Waals surface area contributed by atoms with Gasteiger partial charge in [-0.1, -0.05) is 20.8 Å². The molecular formula is C10H23NO4S. The normalized spacial score (nSPS) is 17.5. The molecule has 0 saturated heterocycles. The van der Waals surface area contributed by atoms with Crippen molar-refractivity contribution in [3.8, 4) is 0 Å². The Morgan fingerprint density at radius 1 is 1.38 bits per heavy atom. The molecule has 6 heteroatoms. The average molecular weight is 253 g/mol. The number of hydrogen-bond donors (Lipinski definition) is 1. The number of nitrogens with zero attached hydrogens (tertiary/aromatic N) is 1. The molecule has 0 bridgehead atoms. The largest absolute Gasteiger partial charge is 0.367 e. The number of rotatable bonds is 5. The molecule has 0 aromatic carbocycles. The van der Waals surface area contributed by atoms with Gasteiger partial charge in [-0.3, -0.25) is 0 Å². The van der Waals surface area contributed by atoms with Crippen LogP contribution >= 0.6 is 0 Å². The Hall–Kier alpha value is -0.170. The molecule has 0 fully saturated rings. The third-order valence-corrected chi connectivity index (χ3v) is 3.84. The Morgan fingerprint density at radius 3 is 2.12 bits per heavy atom. The van der Waals surface area contributed by atoms with Crippen LogP contribution in [0.1, 0.15) is 27.7 Å². The highest BCUT2D eigenvalue weighted by Gasteiger charge is 2.25. The van der Waals surface area contributed by atoms with E-state index in [-0.39, 0.29) is 18.1 Å². The molecule has 0 saturated carbocycles. The van der Waals surface area contributed by atoms with Gasteiger partial charge in [0.15, 0.2) is 6.29 Å². The van der Waals surface area contributed by atoms with Gasteiger partial charge in [-0.05, 0) is 12.3 Å². The van der Waals surface area contributed by atoms with E-state index < -0.39 is 16.3 Å². The van der Waals surface area contributed by atoms with E-state index >= 15 is 0 Å². The van der Waals surface area contributed by atoms with E-state index in [1.54, 1.807) is 0 Å². The van der Waals surface area contributed by atoms with Gasteiger partial charge in [0.05, 0.1) is 18.9 Å². The lowest BCUT2D eigenvalue weighted by atomic mass is 9.90. The molecule has 0 spiro atoms. The maximum atomic E-state index is 11.1. The second-order valence-electron chi connectivity index (χ2n) is 5.14. The summed E-state index contributed by atoms with van der Waals surface area (Å²) >= 11 is 0. The summed E-state index contributed by atoms with van der Waals surface area (Å²) in [7, 11) is -1.87. The number of hydrogen-bond acceptors (Lipinski definition) is 4. The number of aliphatic hydroxyl groups excluding tert-OH is 1. The molecule has 5 nitrogen and oxygen atoms in total. The number of likely N-dealkylation sites (N-methyl/N-ethyl adjacent to an activating group) is 1. The molecule has 2 atom stereocenters. The molecule has 16 heavy (non-hydrogen) atoms. The van der Waals surface area contributed by atoms with E-state index in [0.29, 0.717) is 0 Å². The van der Waals surface area contributed by atoms with Crippen LogP contribution in [0.3, 0.4) is 0 Å². The van der Waals surface area contributed by atoms with Gasteiger partial charge in [-0.15, -0.1) is 0 Å². The number of ether oxygens (including phenoxy) is 1. The molecule has 0 aromatic heterocycles. The van der Waals surface area contributed by atoms with Crippen molar-refractivity contribution in [3.05, 3.63) is 0 Å². The standard InChI is InChI=1S/C10H23NO4S/c1-8(10(2,3)4)15-9(12)7-11(5)16(6,13)14/h8-9,12H,7H2,1-6H3/t8-,9-/m0/s1. The lowest BCUT2D eigenvalue weighted by molar-refractivity contribution is -0.159. The molecule has 0 aliphatic heterocycles. The van der Waals surface area contributed by atoms with Crippen molar-refractivity contribution in [3.63, 3.8) is 0 Å². The fraction of sp³-hybridized carbons (Fsp3) is 1.00. The minimum Gasteiger partial charge on any atom is -0.367 e. The van der Waals surface area contributed by atoms with Crippen LogP contribution in [-0.2, 0) is 14.8 Å². The number of sulfonamides is 1. The Kier molecular flexibility index (Phi) is 5.38. The van der Waals surface area contributed by atoms with E-state index in [0.717, 1.165) is 10.6 Å². The summed E-state index contributed by atoms with van der Waals surface area (Å²) in [4.78, 5) is 0. The van der Waals surface area contributed by atoms with Crippen molar-refractivity contribution in [1.29, 1.82) is 0 Å². The zero-order chi connectivity index (χ0) is 13.1. The zero-order valence-corrected chi connectivity index (χ0v) is 11.7. The highest BCUT2D eigenvalue weighted by Crippen LogP contribution is 2.22. The first-order valence-corrected chi connectivity index (χ1v) is 7.04. The maximum absolute atomic E-state index is 11.1. The maximum Gasteiger partial charge on any atom is 0.211 e. The van der Waals surface area contributed by atoms with Gasteiger partial charge in [0.25, 0.3) is 0 Å². The summed E-state index contributed by atoms with van der Waals surface area (Å²) in [5.74, 6) is 0. The molecule has 0 amide bonds. The van der Waals surface area contributed by atoms with Gasteiger partial charge in [0.2, 0.25) is 10.0 Å². The van der Waals surface area contributed by atoms with Crippen molar-refractivity contribution < 1.29 is 18.3 Å².